The molecular weight excluding hydrogens is 394 g/mol. The van der Waals surface area contributed by atoms with Crippen molar-refractivity contribution in [3.05, 3.63) is 41.7 Å². The molecule has 1 atom stereocenters. The summed E-state index contributed by atoms with van der Waals surface area (Å²) in [7, 11) is 1.59. The Morgan fingerprint density at radius 3 is 2.62 bits per heavy atom. The van der Waals surface area contributed by atoms with Gasteiger partial charge in [0.1, 0.15) is 5.60 Å². The fourth-order valence-corrected chi connectivity index (χ4v) is 2.68. The van der Waals surface area contributed by atoms with E-state index in [9.17, 15) is 17.6 Å². The van der Waals surface area contributed by atoms with E-state index in [-0.39, 0.29) is 0 Å². The highest BCUT2D eigenvalue weighted by molar-refractivity contribution is 5.63. The van der Waals surface area contributed by atoms with Gasteiger partial charge in [0.2, 0.25) is 5.88 Å². The van der Waals surface area contributed by atoms with Crippen molar-refractivity contribution in [2.45, 2.75) is 44.6 Å². The first-order valence-corrected chi connectivity index (χ1v) is 8.66. The second kappa shape index (κ2) is 7.54. The van der Waals surface area contributed by atoms with Crippen LogP contribution in [-0.2, 0) is 15.1 Å². The predicted molar refractivity (Wildman–Crippen MR) is 96.6 cm³/mol. The third-order valence-electron chi connectivity index (χ3n) is 4.64. The number of alkyl halides is 3. The molecule has 1 fully saturated rings. The number of rotatable bonds is 7. The van der Waals surface area contributed by atoms with Crippen LogP contribution in [0.15, 0.2) is 35.2 Å². The zero-order valence-corrected chi connectivity index (χ0v) is 16.0. The van der Waals surface area contributed by atoms with Crippen LogP contribution in [0, 0.1) is 0 Å². The van der Waals surface area contributed by atoms with Crippen molar-refractivity contribution in [3.8, 4) is 0 Å². The maximum atomic E-state index is 14.4. The molecule has 29 heavy (non-hydrogen) atoms. The van der Waals surface area contributed by atoms with E-state index >= 15 is 0 Å². The fourth-order valence-electron chi connectivity index (χ4n) is 2.68. The van der Waals surface area contributed by atoms with Crippen molar-refractivity contribution >= 4 is 17.9 Å². The maximum Gasteiger partial charge on any atom is 0.425 e. The van der Waals surface area contributed by atoms with Gasteiger partial charge in [-0.25, -0.2) is 9.38 Å². The zero-order chi connectivity index (χ0) is 21.4. The van der Waals surface area contributed by atoms with Gasteiger partial charge in [-0.05, 0) is 45.1 Å². The molecule has 11 heteroatoms. The van der Waals surface area contributed by atoms with Crippen molar-refractivity contribution in [2.24, 2.45) is 4.99 Å². The number of allylic oxidation sites excluding steroid dienone is 3. The summed E-state index contributed by atoms with van der Waals surface area (Å²) >= 11 is 0. The van der Waals surface area contributed by atoms with Gasteiger partial charge in [-0.2, -0.15) is 13.2 Å². The van der Waals surface area contributed by atoms with Gasteiger partial charge in [0.25, 0.3) is 0 Å². The Morgan fingerprint density at radius 1 is 1.38 bits per heavy atom. The molecule has 0 bridgehead atoms. The van der Waals surface area contributed by atoms with E-state index in [0.717, 1.165) is 25.8 Å². The van der Waals surface area contributed by atoms with Gasteiger partial charge >= 0.3 is 6.18 Å². The zero-order valence-electron chi connectivity index (χ0n) is 16.0. The van der Waals surface area contributed by atoms with E-state index in [4.69, 9.17) is 4.74 Å². The first-order valence-electron chi connectivity index (χ1n) is 8.66. The van der Waals surface area contributed by atoms with Crippen molar-refractivity contribution in [1.29, 1.82) is 0 Å². The number of aromatic nitrogens is 4. The molecule has 0 unspecified atom stereocenters. The Hall–Kier alpha value is -2.82. The Kier molecular flexibility index (Phi) is 5.44. The molecule has 0 spiro atoms. The van der Waals surface area contributed by atoms with Crippen LogP contribution >= 0.6 is 0 Å². The number of methoxy groups -OCH3 is 1. The summed E-state index contributed by atoms with van der Waals surface area (Å²) in [6.45, 7) is 5.37. The van der Waals surface area contributed by atoms with Gasteiger partial charge in [-0.1, -0.05) is 0 Å². The summed E-state index contributed by atoms with van der Waals surface area (Å²) in [5.41, 5.74) is 0.692. The summed E-state index contributed by atoms with van der Waals surface area (Å²) in [6, 6.07) is 0. The molecule has 0 aliphatic heterocycles. The normalized spacial score (nSPS) is 18.4. The van der Waals surface area contributed by atoms with Gasteiger partial charge in [0, 0.05) is 13.3 Å². The summed E-state index contributed by atoms with van der Waals surface area (Å²) < 4.78 is 64.1. The molecule has 0 N–H and O–H groups in total. The fraction of sp³-hybridized carbons (Fsp3) is 0.444. The van der Waals surface area contributed by atoms with Crippen molar-refractivity contribution < 1.29 is 27.0 Å². The molecule has 2 aromatic heterocycles. The molecule has 0 radical (unpaired) electrons. The highest BCUT2D eigenvalue weighted by Gasteiger charge is 2.49. The lowest BCUT2D eigenvalue weighted by molar-refractivity contribution is -0.203. The minimum absolute atomic E-state index is 0.329. The number of aliphatic imine (C=N–C) groups is 1. The van der Waals surface area contributed by atoms with Gasteiger partial charge in [-0.15, -0.1) is 10.2 Å². The topological polar surface area (TPSA) is 73.9 Å². The Balaban J connectivity index is 1.93. The minimum Gasteiger partial charge on any atom is -0.463 e. The van der Waals surface area contributed by atoms with Crippen LogP contribution in [0.2, 0.25) is 0 Å². The molecule has 156 valence electrons. The molecule has 0 saturated heterocycles. The lowest BCUT2D eigenvalue weighted by Gasteiger charge is -2.17. The van der Waals surface area contributed by atoms with Crippen LogP contribution in [0.5, 0.6) is 0 Å². The maximum absolute atomic E-state index is 14.4. The average Bonchev–Trinajstić information content (AvgIpc) is 3.35. The number of ether oxygens (including phenoxy) is 2. The van der Waals surface area contributed by atoms with Gasteiger partial charge in [-0.3, -0.25) is 9.38 Å². The van der Waals surface area contributed by atoms with E-state index < -0.39 is 29.6 Å². The van der Waals surface area contributed by atoms with Crippen molar-refractivity contribution in [3.63, 3.8) is 0 Å². The third-order valence-corrected chi connectivity index (χ3v) is 4.64. The quantitative estimate of drug-likeness (QED) is 0.297. The highest BCUT2D eigenvalue weighted by atomic mass is 19.4. The van der Waals surface area contributed by atoms with Gasteiger partial charge in [0.05, 0.1) is 11.9 Å². The smallest absolute Gasteiger partial charge is 0.425 e. The molecule has 7 nitrogen and oxygen atoms in total. The molecule has 1 aliphatic rings. The molecule has 0 amide bonds. The van der Waals surface area contributed by atoms with E-state index in [1.54, 1.807) is 24.6 Å². The minimum atomic E-state index is -4.66. The van der Waals surface area contributed by atoms with E-state index in [1.165, 1.54) is 6.20 Å². The van der Waals surface area contributed by atoms with Crippen molar-refractivity contribution in [2.75, 3.05) is 7.11 Å². The Bertz CT molecular complexity index is 992. The van der Waals surface area contributed by atoms with Crippen LogP contribution in [0.3, 0.4) is 0 Å². The molecule has 2 heterocycles. The van der Waals surface area contributed by atoms with Crippen molar-refractivity contribution in [1.82, 2.24) is 19.6 Å². The summed E-state index contributed by atoms with van der Waals surface area (Å²) in [4.78, 5) is 7.42. The second-order valence-corrected chi connectivity index (χ2v) is 6.66. The van der Waals surface area contributed by atoms with Crippen LogP contribution < -0.4 is 0 Å². The third kappa shape index (κ3) is 4.14. The van der Waals surface area contributed by atoms with Gasteiger partial charge in [0.15, 0.2) is 23.4 Å². The predicted octanol–water partition coefficient (Wildman–Crippen LogP) is 3.97. The largest absolute Gasteiger partial charge is 0.463 e. The molecular formula is C18H19F4N5O2. The van der Waals surface area contributed by atoms with E-state index in [1.807, 2.05) is 0 Å². The molecule has 1 saturated carbocycles. The van der Waals surface area contributed by atoms with Crippen LogP contribution in [-0.4, -0.2) is 45.7 Å². The number of fused-ring (bicyclic) bond motifs is 1. The average molecular weight is 413 g/mol. The summed E-state index contributed by atoms with van der Waals surface area (Å²) in [5.74, 6) is -1.34. The van der Waals surface area contributed by atoms with E-state index in [0.29, 0.717) is 22.7 Å². The number of hydrogen-bond donors (Lipinski definition) is 0. The van der Waals surface area contributed by atoms with Crippen LogP contribution in [0.4, 0.5) is 17.6 Å². The monoisotopic (exact) mass is 413 g/mol. The standard InChI is InChI=1S/C18H19F4N5O2/c1-10(7-12(19)15(23-3)29-11(2)18(20,21)22)13-9-27-14(8-24-13)25-26-16(27)17(28-4)5-6-17/h7-9,11H,3,5-6H2,1-2,4H3/b10-7+,15-12-/t11-/m0/s1. The molecule has 2 aromatic rings. The second-order valence-electron chi connectivity index (χ2n) is 6.66. The Morgan fingerprint density at radius 2 is 2.07 bits per heavy atom. The van der Waals surface area contributed by atoms with E-state index in [2.05, 4.69) is 31.6 Å². The number of hydrogen-bond acceptors (Lipinski definition) is 6. The SMILES string of the molecule is C=N/C(O[C@@H](C)C(F)(F)F)=C(F)\C=C(/C)c1cn2c(C3(OC)CC3)nnc2cn1. The summed E-state index contributed by atoms with van der Waals surface area (Å²) in [5, 5.41) is 8.20. The lowest BCUT2D eigenvalue weighted by atomic mass is 10.2. The Labute approximate surface area is 163 Å². The molecule has 3 rings (SSSR count). The number of nitrogens with zero attached hydrogens (tertiary/aromatic N) is 5. The lowest BCUT2D eigenvalue weighted by Crippen LogP contribution is -2.28. The summed E-state index contributed by atoms with van der Waals surface area (Å²) in [6.07, 6.45) is -1.23. The highest BCUT2D eigenvalue weighted by Crippen LogP contribution is 2.47. The first kappa shape index (κ1) is 20.9. The van der Waals surface area contributed by atoms with Crippen LogP contribution in [0.1, 0.15) is 38.2 Å². The van der Waals surface area contributed by atoms with Crippen LogP contribution in [0.25, 0.3) is 11.2 Å². The molecule has 1 aliphatic carbocycles. The number of halogens is 4. The molecule has 0 aromatic carbocycles. The van der Waals surface area contributed by atoms with Gasteiger partial charge < -0.3 is 9.47 Å². The first-order chi connectivity index (χ1) is 13.6.